The third-order valence-corrected chi connectivity index (χ3v) is 6.54. The van der Waals surface area contributed by atoms with Crippen molar-refractivity contribution in [2.45, 2.75) is 19.4 Å². The van der Waals surface area contributed by atoms with Crippen molar-refractivity contribution in [3.05, 3.63) is 83.1 Å². The fourth-order valence-corrected chi connectivity index (χ4v) is 4.92. The number of carbonyl (C=O) groups is 3. The molecule has 3 amide bonds. The van der Waals surface area contributed by atoms with Crippen molar-refractivity contribution >= 4 is 61.7 Å². The molecule has 0 spiro atoms. The number of benzene rings is 2. The maximum atomic E-state index is 13.7. The van der Waals surface area contributed by atoms with Crippen LogP contribution in [0, 0.1) is 0 Å². The second-order valence-corrected chi connectivity index (χ2v) is 8.94. The van der Waals surface area contributed by atoms with Crippen molar-refractivity contribution < 1.29 is 14.4 Å². The molecule has 0 unspecified atom stereocenters. The van der Waals surface area contributed by atoms with E-state index < -0.39 is 0 Å². The van der Waals surface area contributed by atoms with Crippen LogP contribution in [0.2, 0.25) is 5.02 Å². The lowest BCUT2D eigenvalue weighted by molar-refractivity contribution is -0.121. The lowest BCUT2D eigenvalue weighted by Gasteiger charge is -2.21. The summed E-state index contributed by atoms with van der Waals surface area (Å²) in [7, 11) is 0. The first-order valence-electron chi connectivity index (χ1n) is 10.2. The summed E-state index contributed by atoms with van der Waals surface area (Å²) in [6.07, 6.45) is 2.02. The van der Waals surface area contributed by atoms with E-state index in [1.807, 2.05) is 30.3 Å². The zero-order valence-corrected chi connectivity index (χ0v) is 18.8. The molecule has 0 N–H and O–H groups in total. The Bertz CT molecular complexity index is 1370. The van der Waals surface area contributed by atoms with Gasteiger partial charge in [-0.15, -0.1) is 0 Å². The number of amides is 3. The van der Waals surface area contributed by atoms with Gasteiger partial charge in [-0.3, -0.25) is 29.2 Å². The van der Waals surface area contributed by atoms with Crippen LogP contribution in [0.15, 0.2) is 66.9 Å². The minimum atomic E-state index is -0.313. The molecule has 1 aliphatic rings. The lowest BCUT2D eigenvalue weighted by atomic mass is 10.1. The van der Waals surface area contributed by atoms with E-state index in [9.17, 15) is 14.4 Å². The van der Waals surface area contributed by atoms with Gasteiger partial charge in [0, 0.05) is 29.6 Å². The van der Waals surface area contributed by atoms with Crippen LogP contribution in [0.5, 0.6) is 0 Å². The highest BCUT2D eigenvalue weighted by Gasteiger charge is 2.31. The van der Waals surface area contributed by atoms with Gasteiger partial charge in [0.15, 0.2) is 5.13 Å². The van der Waals surface area contributed by atoms with Crippen molar-refractivity contribution in [1.82, 2.24) is 9.97 Å². The number of aromatic nitrogens is 2. The summed E-state index contributed by atoms with van der Waals surface area (Å²) >= 11 is 7.48. The van der Waals surface area contributed by atoms with Crippen molar-refractivity contribution in [2.24, 2.45) is 0 Å². The quantitative estimate of drug-likeness (QED) is 0.385. The smallest absolute Gasteiger partial charge is 0.260 e. The summed E-state index contributed by atoms with van der Waals surface area (Å²) in [5.41, 5.74) is 2.17. The van der Waals surface area contributed by atoms with E-state index in [2.05, 4.69) is 9.97 Å². The van der Waals surface area contributed by atoms with Crippen molar-refractivity contribution in [3.8, 4) is 0 Å². The highest BCUT2D eigenvalue weighted by Crippen LogP contribution is 2.33. The summed E-state index contributed by atoms with van der Waals surface area (Å²) in [5, 5.41) is 1.09. The molecule has 164 valence electrons. The zero-order valence-electron chi connectivity index (χ0n) is 17.3. The van der Waals surface area contributed by atoms with Gasteiger partial charge in [0.2, 0.25) is 11.8 Å². The molecule has 3 heterocycles. The Labute approximate surface area is 198 Å². The molecule has 2 aromatic heterocycles. The molecule has 0 atom stereocenters. The summed E-state index contributed by atoms with van der Waals surface area (Å²) in [6, 6.07) is 17.4. The third kappa shape index (κ3) is 4.22. The van der Waals surface area contributed by atoms with E-state index in [4.69, 9.17) is 11.6 Å². The van der Waals surface area contributed by atoms with Gasteiger partial charge in [0.25, 0.3) is 5.91 Å². The van der Waals surface area contributed by atoms with Gasteiger partial charge >= 0.3 is 0 Å². The number of rotatable bonds is 5. The first-order valence-corrected chi connectivity index (χ1v) is 11.4. The molecule has 9 heteroatoms. The Morgan fingerprint density at radius 1 is 1.03 bits per heavy atom. The standard InChI is InChI=1S/C24H17ClN4O3S/c25-16-7-8-19-20(13-16)33-24(27-19)28(14-17-5-1-2-11-26-17)23(32)15-4-3-6-18(12-15)29-21(30)9-10-22(29)31/h1-8,11-13H,9-10,14H2. The first kappa shape index (κ1) is 21.2. The van der Waals surface area contributed by atoms with Crippen LogP contribution in [-0.2, 0) is 16.1 Å². The fourth-order valence-electron chi connectivity index (χ4n) is 3.68. The average Bonchev–Trinajstić information content (AvgIpc) is 3.39. The van der Waals surface area contributed by atoms with E-state index in [0.717, 1.165) is 15.1 Å². The molecule has 0 saturated carbocycles. The van der Waals surface area contributed by atoms with Gasteiger partial charge in [0.1, 0.15) is 0 Å². The average molecular weight is 477 g/mol. The van der Waals surface area contributed by atoms with Crippen molar-refractivity contribution in [3.63, 3.8) is 0 Å². The van der Waals surface area contributed by atoms with Crippen molar-refractivity contribution in [1.29, 1.82) is 0 Å². The minimum absolute atomic E-state index is 0.178. The second-order valence-electron chi connectivity index (χ2n) is 7.49. The first-order chi connectivity index (χ1) is 16.0. The van der Waals surface area contributed by atoms with Gasteiger partial charge in [-0.25, -0.2) is 4.98 Å². The van der Waals surface area contributed by atoms with Gasteiger partial charge in [-0.05, 0) is 48.5 Å². The fraction of sp³-hybridized carbons (Fsp3) is 0.125. The summed E-state index contributed by atoms with van der Waals surface area (Å²) in [4.78, 5) is 49.7. The highest BCUT2D eigenvalue weighted by molar-refractivity contribution is 7.22. The maximum Gasteiger partial charge on any atom is 0.260 e. The number of thiazole rings is 1. The molecule has 0 bridgehead atoms. The van der Waals surface area contributed by atoms with Gasteiger partial charge in [-0.2, -0.15) is 0 Å². The molecule has 33 heavy (non-hydrogen) atoms. The molecule has 5 rings (SSSR count). The zero-order chi connectivity index (χ0) is 22.9. The summed E-state index contributed by atoms with van der Waals surface area (Å²) < 4.78 is 0.860. The van der Waals surface area contributed by atoms with Crippen LogP contribution in [0.4, 0.5) is 10.8 Å². The summed E-state index contributed by atoms with van der Waals surface area (Å²) in [5.74, 6) is -0.845. The van der Waals surface area contributed by atoms with Gasteiger partial charge in [0.05, 0.1) is 28.1 Å². The Morgan fingerprint density at radius 2 is 1.85 bits per heavy atom. The van der Waals surface area contributed by atoms with Crippen LogP contribution >= 0.6 is 22.9 Å². The molecular weight excluding hydrogens is 460 g/mol. The Kier molecular flexibility index (Phi) is 5.62. The van der Waals surface area contributed by atoms with Crippen LogP contribution in [0.25, 0.3) is 10.2 Å². The van der Waals surface area contributed by atoms with E-state index in [-0.39, 0.29) is 37.1 Å². The topological polar surface area (TPSA) is 83.5 Å². The molecule has 1 saturated heterocycles. The number of imide groups is 1. The number of fused-ring (bicyclic) bond motifs is 1. The number of carbonyl (C=O) groups excluding carboxylic acids is 3. The number of hydrogen-bond acceptors (Lipinski definition) is 6. The molecular formula is C24H17ClN4O3S. The monoisotopic (exact) mass is 476 g/mol. The second kappa shape index (κ2) is 8.73. The molecule has 4 aromatic rings. The number of pyridine rings is 1. The van der Waals surface area contributed by atoms with Crippen LogP contribution in [0.1, 0.15) is 28.9 Å². The van der Waals surface area contributed by atoms with Gasteiger partial charge < -0.3 is 0 Å². The SMILES string of the molecule is O=C(c1cccc(N2C(=O)CCC2=O)c1)N(Cc1ccccn1)c1nc2ccc(Cl)cc2s1. The largest absolute Gasteiger partial charge is 0.278 e. The Hall–Kier alpha value is -3.62. The summed E-state index contributed by atoms with van der Waals surface area (Å²) in [6.45, 7) is 0.207. The van der Waals surface area contributed by atoms with E-state index in [0.29, 0.717) is 27.1 Å². The van der Waals surface area contributed by atoms with Gasteiger partial charge in [-0.1, -0.05) is 35.1 Å². The Morgan fingerprint density at radius 3 is 2.61 bits per heavy atom. The highest BCUT2D eigenvalue weighted by atomic mass is 35.5. The number of halogens is 1. The molecule has 0 radical (unpaired) electrons. The van der Waals surface area contributed by atoms with Crippen LogP contribution in [-0.4, -0.2) is 27.7 Å². The minimum Gasteiger partial charge on any atom is -0.278 e. The molecule has 7 nitrogen and oxygen atoms in total. The number of hydrogen-bond donors (Lipinski definition) is 0. The van der Waals surface area contributed by atoms with Crippen LogP contribution in [0.3, 0.4) is 0 Å². The van der Waals surface area contributed by atoms with E-state index in [1.54, 1.807) is 41.4 Å². The third-order valence-electron chi connectivity index (χ3n) is 5.26. The van der Waals surface area contributed by atoms with E-state index >= 15 is 0 Å². The van der Waals surface area contributed by atoms with E-state index in [1.165, 1.54) is 11.3 Å². The number of anilines is 2. The number of nitrogens with zero attached hydrogens (tertiary/aromatic N) is 4. The van der Waals surface area contributed by atoms with Crippen molar-refractivity contribution in [2.75, 3.05) is 9.80 Å². The molecule has 0 aliphatic carbocycles. The lowest BCUT2D eigenvalue weighted by Crippen LogP contribution is -2.32. The molecule has 1 aliphatic heterocycles. The Balaban J connectivity index is 1.54. The predicted molar refractivity (Wildman–Crippen MR) is 128 cm³/mol. The maximum absolute atomic E-state index is 13.7. The van der Waals surface area contributed by atoms with Crippen LogP contribution < -0.4 is 9.80 Å². The normalized spacial score (nSPS) is 13.7. The molecule has 1 fully saturated rings. The predicted octanol–water partition coefficient (Wildman–Crippen LogP) is 4.85. The molecule has 2 aromatic carbocycles.